The molecule has 0 atom stereocenters. The van der Waals surface area contributed by atoms with E-state index in [1.807, 2.05) is 30.3 Å². The number of anilines is 1. The van der Waals surface area contributed by atoms with Crippen molar-refractivity contribution in [3.05, 3.63) is 65.7 Å². The lowest BCUT2D eigenvalue weighted by atomic mass is 9.97. The van der Waals surface area contributed by atoms with Crippen LogP contribution < -0.4 is 10.6 Å². The number of rotatable bonds is 8. The number of carbonyl (C=O) groups is 3. The van der Waals surface area contributed by atoms with Gasteiger partial charge in [-0.05, 0) is 49.6 Å². The summed E-state index contributed by atoms with van der Waals surface area (Å²) in [5.41, 5.74) is 2.38. The molecule has 1 aliphatic heterocycles. The Bertz CT molecular complexity index is 875. The highest BCUT2D eigenvalue weighted by Gasteiger charge is 2.27. The summed E-state index contributed by atoms with van der Waals surface area (Å²) in [6.45, 7) is 3.95. The number of hydrogen-bond donors (Lipinski definition) is 2. The van der Waals surface area contributed by atoms with Gasteiger partial charge >= 0.3 is 5.97 Å². The lowest BCUT2D eigenvalue weighted by Crippen LogP contribution is -2.43. The summed E-state index contributed by atoms with van der Waals surface area (Å²) in [5, 5.41) is 6.00. The Morgan fingerprint density at radius 3 is 2.32 bits per heavy atom. The molecular formula is C24H29N3O4. The van der Waals surface area contributed by atoms with Crippen LogP contribution in [0.3, 0.4) is 0 Å². The molecule has 1 heterocycles. The van der Waals surface area contributed by atoms with E-state index in [2.05, 4.69) is 10.6 Å². The van der Waals surface area contributed by atoms with Crippen molar-refractivity contribution in [1.82, 2.24) is 10.2 Å². The fraction of sp³-hybridized carbons (Fsp3) is 0.375. The minimum Gasteiger partial charge on any atom is -0.466 e. The Morgan fingerprint density at radius 2 is 1.68 bits per heavy atom. The molecule has 1 saturated heterocycles. The van der Waals surface area contributed by atoms with E-state index >= 15 is 0 Å². The van der Waals surface area contributed by atoms with Crippen LogP contribution in [0, 0.1) is 5.92 Å². The maximum absolute atomic E-state index is 12.5. The number of hydrogen-bond acceptors (Lipinski definition) is 5. The Balaban J connectivity index is 1.41. The molecule has 0 spiro atoms. The van der Waals surface area contributed by atoms with Crippen LogP contribution in [0.4, 0.5) is 5.69 Å². The molecule has 0 saturated carbocycles. The van der Waals surface area contributed by atoms with Crippen molar-refractivity contribution in [3.8, 4) is 0 Å². The van der Waals surface area contributed by atoms with Crippen LogP contribution in [0.2, 0.25) is 0 Å². The van der Waals surface area contributed by atoms with Gasteiger partial charge in [0.2, 0.25) is 5.91 Å². The average molecular weight is 424 g/mol. The lowest BCUT2D eigenvalue weighted by molar-refractivity contribution is -0.151. The predicted molar refractivity (Wildman–Crippen MR) is 118 cm³/mol. The fourth-order valence-electron chi connectivity index (χ4n) is 3.53. The molecule has 31 heavy (non-hydrogen) atoms. The van der Waals surface area contributed by atoms with Crippen molar-refractivity contribution in [2.24, 2.45) is 5.92 Å². The van der Waals surface area contributed by atoms with Gasteiger partial charge in [-0.3, -0.25) is 14.4 Å². The van der Waals surface area contributed by atoms with E-state index in [9.17, 15) is 14.4 Å². The first-order valence-electron chi connectivity index (χ1n) is 10.7. The molecule has 0 aliphatic carbocycles. The van der Waals surface area contributed by atoms with E-state index < -0.39 is 0 Å². The van der Waals surface area contributed by atoms with Gasteiger partial charge in [0, 0.05) is 30.9 Å². The third-order valence-corrected chi connectivity index (χ3v) is 5.35. The molecule has 1 aliphatic rings. The van der Waals surface area contributed by atoms with Crippen molar-refractivity contribution in [2.45, 2.75) is 26.3 Å². The Hall–Kier alpha value is -3.35. The largest absolute Gasteiger partial charge is 0.466 e. The maximum atomic E-state index is 12.5. The smallest absolute Gasteiger partial charge is 0.309 e. The molecule has 7 heteroatoms. The number of likely N-dealkylation sites (tertiary alicyclic amines) is 1. The highest BCUT2D eigenvalue weighted by Crippen LogP contribution is 2.19. The van der Waals surface area contributed by atoms with Crippen LogP contribution in [-0.4, -0.2) is 48.9 Å². The van der Waals surface area contributed by atoms with Crippen molar-refractivity contribution < 1.29 is 19.1 Å². The van der Waals surface area contributed by atoms with Crippen molar-refractivity contribution in [3.63, 3.8) is 0 Å². The average Bonchev–Trinajstić information content (AvgIpc) is 2.82. The number of nitrogens with one attached hydrogen (secondary N) is 2. The highest BCUT2D eigenvalue weighted by atomic mass is 16.5. The van der Waals surface area contributed by atoms with Crippen LogP contribution in [0.5, 0.6) is 0 Å². The molecule has 2 aromatic carbocycles. The summed E-state index contributed by atoms with van der Waals surface area (Å²) >= 11 is 0. The number of piperidine rings is 1. The summed E-state index contributed by atoms with van der Waals surface area (Å²) in [7, 11) is 0. The van der Waals surface area contributed by atoms with Crippen LogP contribution in [-0.2, 0) is 20.9 Å². The molecule has 2 amide bonds. The SMILES string of the molecule is CCOC(=O)C1CCN(C(=O)CNc2ccc(C(=O)NCc3ccccc3)cc2)CC1. The van der Waals surface area contributed by atoms with Gasteiger partial charge in [0.25, 0.3) is 5.91 Å². The fourth-order valence-corrected chi connectivity index (χ4v) is 3.53. The summed E-state index contributed by atoms with van der Waals surface area (Å²) in [6.07, 6.45) is 1.27. The zero-order chi connectivity index (χ0) is 22.1. The number of nitrogens with zero attached hydrogens (tertiary/aromatic N) is 1. The van der Waals surface area contributed by atoms with E-state index in [1.165, 1.54) is 0 Å². The third-order valence-electron chi connectivity index (χ3n) is 5.35. The van der Waals surface area contributed by atoms with Gasteiger partial charge in [-0.2, -0.15) is 0 Å². The third kappa shape index (κ3) is 6.57. The molecule has 1 fully saturated rings. The maximum Gasteiger partial charge on any atom is 0.309 e. The molecule has 3 rings (SSSR count). The first kappa shape index (κ1) is 22.3. The number of ether oxygens (including phenoxy) is 1. The van der Waals surface area contributed by atoms with Crippen molar-refractivity contribution in [2.75, 3.05) is 31.6 Å². The number of amides is 2. The minimum atomic E-state index is -0.166. The highest BCUT2D eigenvalue weighted by molar-refractivity contribution is 5.94. The lowest BCUT2D eigenvalue weighted by Gasteiger charge is -2.31. The standard InChI is InChI=1S/C24H29N3O4/c1-2-31-24(30)20-12-14-27(15-13-20)22(28)17-25-21-10-8-19(9-11-21)23(29)26-16-18-6-4-3-5-7-18/h3-11,20,25H,2,12-17H2,1H3,(H,26,29). The molecule has 0 bridgehead atoms. The van der Waals surface area contributed by atoms with Crippen molar-refractivity contribution >= 4 is 23.5 Å². The monoisotopic (exact) mass is 423 g/mol. The molecule has 0 unspecified atom stereocenters. The minimum absolute atomic E-state index is 0.00742. The van der Waals surface area contributed by atoms with Crippen LogP contribution >= 0.6 is 0 Å². The summed E-state index contributed by atoms with van der Waals surface area (Å²) < 4.78 is 5.06. The van der Waals surface area contributed by atoms with Gasteiger partial charge in [-0.1, -0.05) is 30.3 Å². The van der Waals surface area contributed by atoms with Gasteiger partial charge in [0.15, 0.2) is 0 Å². The molecule has 2 aromatic rings. The van der Waals surface area contributed by atoms with Gasteiger partial charge in [-0.15, -0.1) is 0 Å². The number of carbonyl (C=O) groups excluding carboxylic acids is 3. The zero-order valence-electron chi connectivity index (χ0n) is 17.8. The van der Waals surface area contributed by atoms with Crippen LogP contribution in [0.25, 0.3) is 0 Å². The second-order valence-electron chi connectivity index (χ2n) is 7.51. The molecule has 0 aromatic heterocycles. The normalized spacial score (nSPS) is 14.0. The molecule has 164 valence electrons. The van der Waals surface area contributed by atoms with E-state index in [-0.39, 0.29) is 30.2 Å². The predicted octanol–water partition coefficient (Wildman–Crippen LogP) is 2.83. The zero-order valence-corrected chi connectivity index (χ0v) is 17.8. The van der Waals surface area contributed by atoms with Gasteiger partial charge < -0.3 is 20.3 Å². The quantitative estimate of drug-likeness (QED) is 0.638. The number of esters is 1. The number of benzene rings is 2. The molecule has 7 nitrogen and oxygen atoms in total. The molecule has 2 N–H and O–H groups in total. The van der Waals surface area contributed by atoms with E-state index in [0.717, 1.165) is 11.3 Å². The second kappa shape index (κ2) is 11.2. The van der Waals surface area contributed by atoms with Crippen molar-refractivity contribution in [1.29, 1.82) is 0 Å². The van der Waals surface area contributed by atoms with E-state index in [0.29, 0.717) is 44.6 Å². The van der Waals surface area contributed by atoms with Crippen LogP contribution in [0.15, 0.2) is 54.6 Å². The topological polar surface area (TPSA) is 87.7 Å². The van der Waals surface area contributed by atoms with E-state index in [4.69, 9.17) is 4.74 Å². The van der Waals surface area contributed by atoms with Gasteiger partial charge in [0.05, 0.1) is 19.1 Å². The Morgan fingerprint density at radius 1 is 1.00 bits per heavy atom. The van der Waals surface area contributed by atoms with E-state index in [1.54, 1.807) is 36.1 Å². The Labute approximate surface area is 182 Å². The summed E-state index contributed by atoms with van der Waals surface area (Å²) in [5.74, 6) is -0.430. The molecule has 0 radical (unpaired) electrons. The van der Waals surface area contributed by atoms with Crippen LogP contribution in [0.1, 0.15) is 35.7 Å². The Kier molecular flexibility index (Phi) is 8.04. The van der Waals surface area contributed by atoms with Gasteiger partial charge in [0.1, 0.15) is 0 Å². The molecular weight excluding hydrogens is 394 g/mol. The first-order valence-corrected chi connectivity index (χ1v) is 10.7. The summed E-state index contributed by atoms with van der Waals surface area (Å²) in [6, 6.07) is 16.8. The first-order chi connectivity index (χ1) is 15.1. The summed E-state index contributed by atoms with van der Waals surface area (Å²) in [4.78, 5) is 38.3. The van der Waals surface area contributed by atoms with Gasteiger partial charge in [-0.25, -0.2) is 0 Å². The second-order valence-corrected chi connectivity index (χ2v) is 7.51.